The zero-order valence-corrected chi connectivity index (χ0v) is 14.2. The lowest BCUT2D eigenvalue weighted by molar-refractivity contribution is -0.120. The van der Waals surface area contributed by atoms with Gasteiger partial charge in [-0.3, -0.25) is 4.79 Å². The van der Waals surface area contributed by atoms with Crippen LogP contribution in [-0.4, -0.2) is 27.2 Å². The van der Waals surface area contributed by atoms with E-state index in [-0.39, 0.29) is 36.6 Å². The first-order valence-corrected chi connectivity index (χ1v) is 7.25. The number of carbonyl (C=O) groups is 1. The second kappa shape index (κ2) is 8.86. The number of aromatic nitrogens is 3. The third-order valence-electron chi connectivity index (χ3n) is 4.05. The minimum Gasteiger partial charge on any atom is -0.330 e. The summed E-state index contributed by atoms with van der Waals surface area (Å²) in [5.41, 5.74) is 6.43. The maximum Gasteiger partial charge on any atom is 0.227 e. The molecule has 0 bridgehead atoms. The highest BCUT2D eigenvalue weighted by molar-refractivity contribution is 5.92. The Morgan fingerprint density at radius 2 is 2.17 bits per heavy atom. The summed E-state index contributed by atoms with van der Waals surface area (Å²) in [6, 6.07) is 5.51. The van der Waals surface area contributed by atoms with E-state index in [2.05, 4.69) is 15.4 Å². The summed E-state index contributed by atoms with van der Waals surface area (Å²) >= 11 is 0. The summed E-state index contributed by atoms with van der Waals surface area (Å²) in [7, 11) is 0. The summed E-state index contributed by atoms with van der Waals surface area (Å²) in [6.07, 6.45) is 8.23. The molecule has 3 N–H and O–H groups in total. The van der Waals surface area contributed by atoms with Gasteiger partial charge in [0.15, 0.2) is 5.82 Å². The highest BCUT2D eigenvalue weighted by Crippen LogP contribution is 2.31. The molecule has 1 amide bonds. The quantitative estimate of drug-likeness (QED) is 0.879. The minimum atomic E-state index is 0. The van der Waals surface area contributed by atoms with Crippen LogP contribution in [0.3, 0.4) is 0 Å². The number of anilines is 1. The second-order valence-electron chi connectivity index (χ2n) is 5.38. The Kier molecular flexibility index (Phi) is 7.48. The van der Waals surface area contributed by atoms with Gasteiger partial charge in [0.2, 0.25) is 5.91 Å². The standard InChI is InChI=1S/C15H19N5O.2ClH/c16-9-11-3-1-4-13(11)15(21)19-12-5-6-14(17-10-12)20-8-2-7-18-20;;/h2,5-8,10-11,13H,1,3-4,9,16H2,(H,19,21);2*1H/t11-,13-;;/m1../s1. The lowest BCUT2D eigenvalue weighted by atomic mass is 9.95. The van der Waals surface area contributed by atoms with Crippen molar-refractivity contribution in [3.8, 4) is 5.82 Å². The van der Waals surface area contributed by atoms with Gasteiger partial charge in [-0.2, -0.15) is 5.10 Å². The van der Waals surface area contributed by atoms with Crippen LogP contribution in [0, 0.1) is 11.8 Å². The molecule has 1 saturated carbocycles. The molecule has 0 aromatic carbocycles. The van der Waals surface area contributed by atoms with Crippen molar-refractivity contribution in [2.45, 2.75) is 19.3 Å². The molecule has 1 aliphatic carbocycles. The van der Waals surface area contributed by atoms with Gasteiger partial charge in [-0.15, -0.1) is 24.8 Å². The van der Waals surface area contributed by atoms with Crippen LogP contribution in [0.5, 0.6) is 0 Å². The number of hydrogen-bond acceptors (Lipinski definition) is 4. The van der Waals surface area contributed by atoms with Crippen molar-refractivity contribution in [1.82, 2.24) is 14.8 Å². The molecular formula is C15H21Cl2N5O. The average molecular weight is 358 g/mol. The van der Waals surface area contributed by atoms with Gasteiger partial charge in [-0.05, 0) is 43.5 Å². The first-order chi connectivity index (χ1) is 10.3. The molecule has 0 radical (unpaired) electrons. The van der Waals surface area contributed by atoms with Crippen molar-refractivity contribution in [2.24, 2.45) is 17.6 Å². The van der Waals surface area contributed by atoms with Crippen LogP contribution in [0.25, 0.3) is 5.82 Å². The van der Waals surface area contributed by atoms with Gasteiger partial charge in [0, 0.05) is 18.3 Å². The number of pyridine rings is 1. The minimum absolute atomic E-state index is 0. The molecule has 2 heterocycles. The Bertz CT molecular complexity index is 603. The molecule has 23 heavy (non-hydrogen) atoms. The first-order valence-electron chi connectivity index (χ1n) is 7.25. The number of rotatable bonds is 4. The smallest absolute Gasteiger partial charge is 0.227 e. The molecule has 2 aromatic heterocycles. The van der Waals surface area contributed by atoms with Crippen molar-refractivity contribution >= 4 is 36.4 Å². The molecule has 1 fully saturated rings. The molecule has 1 aliphatic rings. The van der Waals surface area contributed by atoms with E-state index in [1.807, 2.05) is 24.4 Å². The Labute approximate surface area is 147 Å². The van der Waals surface area contributed by atoms with Crippen molar-refractivity contribution in [3.63, 3.8) is 0 Å². The average Bonchev–Trinajstić information content (AvgIpc) is 3.19. The number of hydrogen-bond donors (Lipinski definition) is 2. The molecule has 0 unspecified atom stereocenters. The fourth-order valence-electron chi connectivity index (χ4n) is 2.90. The lowest BCUT2D eigenvalue weighted by Gasteiger charge is -2.17. The van der Waals surface area contributed by atoms with Crippen LogP contribution >= 0.6 is 24.8 Å². The molecule has 126 valence electrons. The predicted molar refractivity (Wildman–Crippen MR) is 94.4 cm³/mol. The Hall–Kier alpha value is -1.63. The third kappa shape index (κ3) is 4.43. The Balaban J connectivity index is 0.00000132. The number of halogens is 2. The number of nitrogens with zero attached hydrogens (tertiary/aromatic N) is 3. The van der Waals surface area contributed by atoms with Crippen molar-refractivity contribution in [1.29, 1.82) is 0 Å². The molecule has 0 aliphatic heterocycles. The summed E-state index contributed by atoms with van der Waals surface area (Å²) in [6.45, 7) is 0.578. The van der Waals surface area contributed by atoms with E-state index in [1.54, 1.807) is 17.1 Å². The van der Waals surface area contributed by atoms with Gasteiger partial charge in [0.05, 0.1) is 11.9 Å². The van der Waals surface area contributed by atoms with Crippen LogP contribution in [0.4, 0.5) is 5.69 Å². The summed E-state index contributed by atoms with van der Waals surface area (Å²) in [5.74, 6) is 1.11. The van der Waals surface area contributed by atoms with E-state index in [4.69, 9.17) is 5.73 Å². The van der Waals surface area contributed by atoms with Gasteiger partial charge in [0.25, 0.3) is 0 Å². The van der Waals surface area contributed by atoms with Crippen LogP contribution in [0.1, 0.15) is 19.3 Å². The van der Waals surface area contributed by atoms with Gasteiger partial charge in [-0.1, -0.05) is 6.42 Å². The summed E-state index contributed by atoms with van der Waals surface area (Å²) in [4.78, 5) is 16.6. The molecule has 2 aromatic rings. The molecule has 6 nitrogen and oxygen atoms in total. The predicted octanol–water partition coefficient (Wildman–Crippen LogP) is 2.42. The number of carbonyl (C=O) groups excluding carboxylic acids is 1. The zero-order valence-electron chi connectivity index (χ0n) is 12.6. The SMILES string of the molecule is Cl.Cl.NC[C@H]1CCC[C@H]1C(=O)Nc1ccc(-n2cccn2)nc1. The maximum absolute atomic E-state index is 12.3. The normalized spacial score (nSPS) is 19.5. The zero-order chi connectivity index (χ0) is 14.7. The van der Waals surface area contributed by atoms with Crippen LogP contribution in [0.15, 0.2) is 36.8 Å². The number of nitrogens with one attached hydrogen (secondary N) is 1. The highest BCUT2D eigenvalue weighted by Gasteiger charge is 2.31. The third-order valence-corrected chi connectivity index (χ3v) is 4.05. The van der Waals surface area contributed by atoms with E-state index < -0.39 is 0 Å². The van der Waals surface area contributed by atoms with Gasteiger partial charge in [0.1, 0.15) is 0 Å². The first kappa shape index (κ1) is 19.4. The lowest BCUT2D eigenvalue weighted by Crippen LogP contribution is -2.29. The maximum atomic E-state index is 12.3. The van der Waals surface area contributed by atoms with E-state index in [0.29, 0.717) is 18.2 Å². The Morgan fingerprint density at radius 1 is 1.35 bits per heavy atom. The van der Waals surface area contributed by atoms with Crippen LogP contribution in [-0.2, 0) is 4.79 Å². The monoisotopic (exact) mass is 357 g/mol. The molecule has 0 spiro atoms. The fraction of sp³-hybridized carbons (Fsp3) is 0.400. The second-order valence-corrected chi connectivity index (χ2v) is 5.38. The Morgan fingerprint density at radius 3 is 2.78 bits per heavy atom. The summed E-state index contributed by atoms with van der Waals surface area (Å²) in [5, 5.41) is 7.05. The topological polar surface area (TPSA) is 85.8 Å². The van der Waals surface area contributed by atoms with Crippen molar-refractivity contribution in [2.75, 3.05) is 11.9 Å². The van der Waals surface area contributed by atoms with Crippen molar-refractivity contribution in [3.05, 3.63) is 36.8 Å². The molecule has 3 rings (SSSR count). The fourth-order valence-corrected chi connectivity index (χ4v) is 2.90. The molecular weight excluding hydrogens is 337 g/mol. The molecule has 0 saturated heterocycles. The highest BCUT2D eigenvalue weighted by atomic mass is 35.5. The molecule has 2 atom stereocenters. The number of nitrogens with two attached hydrogens (primary N) is 1. The summed E-state index contributed by atoms with van der Waals surface area (Å²) < 4.78 is 1.67. The van der Waals surface area contributed by atoms with Crippen molar-refractivity contribution < 1.29 is 4.79 Å². The van der Waals surface area contributed by atoms with Gasteiger partial charge >= 0.3 is 0 Å². The van der Waals surface area contributed by atoms with E-state index in [9.17, 15) is 4.79 Å². The molecule has 8 heteroatoms. The van der Waals surface area contributed by atoms with Crippen LogP contribution < -0.4 is 11.1 Å². The van der Waals surface area contributed by atoms with Gasteiger partial charge in [-0.25, -0.2) is 9.67 Å². The van der Waals surface area contributed by atoms with Gasteiger partial charge < -0.3 is 11.1 Å². The largest absolute Gasteiger partial charge is 0.330 e. The van der Waals surface area contributed by atoms with Crippen LogP contribution in [0.2, 0.25) is 0 Å². The number of amides is 1. The van der Waals surface area contributed by atoms with E-state index in [0.717, 1.165) is 25.1 Å². The van der Waals surface area contributed by atoms with E-state index >= 15 is 0 Å². The van der Waals surface area contributed by atoms with E-state index in [1.165, 1.54) is 0 Å².